The minimum absolute atomic E-state index is 0.269. The number of hydrogen-bond acceptors (Lipinski definition) is 7. The molecule has 1 N–H and O–H groups in total. The lowest BCUT2D eigenvalue weighted by Crippen LogP contribution is -2.15. The second-order valence-electron chi connectivity index (χ2n) is 7.26. The van der Waals surface area contributed by atoms with Gasteiger partial charge in [0.15, 0.2) is 0 Å². The van der Waals surface area contributed by atoms with Crippen LogP contribution < -0.4 is 5.32 Å². The Balaban J connectivity index is 1.63. The fourth-order valence-corrected chi connectivity index (χ4v) is 3.92. The molecule has 0 fully saturated rings. The highest BCUT2D eigenvalue weighted by Gasteiger charge is 2.22. The Morgan fingerprint density at radius 1 is 1.19 bits per heavy atom. The van der Waals surface area contributed by atoms with Crippen LogP contribution in [0.15, 0.2) is 51.9 Å². The van der Waals surface area contributed by atoms with E-state index in [9.17, 15) is 4.79 Å². The van der Waals surface area contributed by atoms with E-state index in [1.165, 1.54) is 17.3 Å². The maximum atomic E-state index is 13.5. The molecule has 1 amide bonds. The molecule has 0 aliphatic heterocycles. The number of pyridine rings is 1. The lowest BCUT2D eigenvalue weighted by atomic mass is 10.1. The van der Waals surface area contributed by atoms with Crippen molar-refractivity contribution in [3.63, 3.8) is 0 Å². The first kappa shape index (κ1) is 20.0. The van der Waals surface area contributed by atoms with Crippen molar-refractivity contribution in [2.24, 2.45) is 0 Å². The van der Waals surface area contributed by atoms with Gasteiger partial charge in [0.1, 0.15) is 29.9 Å². The standard InChI is InChI=1S/C22H17ClN6O3/c1-11-7-14(13(3)31-11)18-8-15(19-12(2)28-32-22(19)27-18)21(30)26-17-6-4-5-16(23)20(17)29-10-24-9-25-29/h4-10H,1-3H3,(H,26,30). The maximum Gasteiger partial charge on any atom is 0.259 e. The third-order valence-corrected chi connectivity index (χ3v) is 5.37. The van der Waals surface area contributed by atoms with E-state index in [0.717, 1.165) is 11.3 Å². The van der Waals surface area contributed by atoms with Crippen molar-refractivity contribution in [1.82, 2.24) is 24.9 Å². The van der Waals surface area contributed by atoms with Crippen molar-refractivity contribution in [3.05, 3.63) is 70.8 Å². The van der Waals surface area contributed by atoms with Crippen molar-refractivity contribution >= 4 is 34.3 Å². The number of halogens is 1. The Morgan fingerprint density at radius 2 is 2.03 bits per heavy atom. The molecule has 5 aromatic rings. The summed E-state index contributed by atoms with van der Waals surface area (Å²) in [5.41, 5.74) is 3.51. The number of anilines is 1. The van der Waals surface area contributed by atoms with Crippen LogP contribution in [-0.4, -0.2) is 30.8 Å². The number of furan rings is 1. The molecule has 4 aromatic heterocycles. The molecule has 10 heteroatoms. The van der Waals surface area contributed by atoms with E-state index in [1.807, 2.05) is 19.9 Å². The van der Waals surface area contributed by atoms with Crippen LogP contribution in [0.25, 0.3) is 28.0 Å². The van der Waals surface area contributed by atoms with Gasteiger partial charge in [0.2, 0.25) is 0 Å². The molecule has 0 saturated carbocycles. The monoisotopic (exact) mass is 448 g/mol. The summed E-state index contributed by atoms with van der Waals surface area (Å²) in [7, 11) is 0. The quantitative estimate of drug-likeness (QED) is 0.416. The van der Waals surface area contributed by atoms with Gasteiger partial charge in [-0.15, -0.1) is 0 Å². The molecular formula is C22H17ClN6O3. The first-order chi connectivity index (χ1) is 15.4. The topological polar surface area (TPSA) is 112 Å². The molecule has 160 valence electrons. The van der Waals surface area contributed by atoms with E-state index in [2.05, 4.69) is 25.5 Å². The molecule has 4 heterocycles. The zero-order valence-corrected chi connectivity index (χ0v) is 18.1. The fourth-order valence-electron chi connectivity index (χ4n) is 3.66. The van der Waals surface area contributed by atoms with Crippen molar-refractivity contribution < 1.29 is 13.7 Å². The number of aromatic nitrogens is 5. The summed E-state index contributed by atoms with van der Waals surface area (Å²) in [5.74, 6) is 1.07. The van der Waals surface area contributed by atoms with Crippen LogP contribution in [0.1, 0.15) is 27.6 Å². The van der Waals surface area contributed by atoms with E-state index in [-0.39, 0.29) is 11.6 Å². The summed E-state index contributed by atoms with van der Waals surface area (Å²) in [6.45, 7) is 5.46. The minimum atomic E-state index is -0.369. The largest absolute Gasteiger partial charge is 0.466 e. The number of aryl methyl sites for hydroxylation is 3. The minimum Gasteiger partial charge on any atom is -0.466 e. The van der Waals surface area contributed by atoms with Crippen molar-refractivity contribution in [2.45, 2.75) is 20.8 Å². The molecule has 0 aliphatic carbocycles. The summed E-state index contributed by atoms with van der Waals surface area (Å²) in [6, 6.07) is 8.77. The van der Waals surface area contributed by atoms with E-state index >= 15 is 0 Å². The molecule has 0 aliphatic rings. The first-order valence-corrected chi connectivity index (χ1v) is 10.1. The van der Waals surface area contributed by atoms with Crippen molar-refractivity contribution in [1.29, 1.82) is 0 Å². The van der Waals surface area contributed by atoms with Crippen LogP contribution in [-0.2, 0) is 0 Å². The summed E-state index contributed by atoms with van der Waals surface area (Å²) < 4.78 is 12.5. The van der Waals surface area contributed by atoms with Gasteiger partial charge in [-0.3, -0.25) is 4.79 Å². The zero-order chi connectivity index (χ0) is 22.4. The molecule has 0 radical (unpaired) electrons. The number of para-hydroxylation sites is 1. The van der Waals surface area contributed by atoms with Gasteiger partial charge in [-0.1, -0.05) is 22.8 Å². The molecule has 5 rings (SSSR count). The van der Waals surface area contributed by atoms with Gasteiger partial charge in [0, 0.05) is 5.56 Å². The predicted molar refractivity (Wildman–Crippen MR) is 118 cm³/mol. The zero-order valence-electron chi connectivity index (χ0n) is 17.4. The summed E-state index contributed by atoms with van der Waals surface area (Å²) in [4.78, 5) is 22.0. The fraction of sp³-hybridized carbons (Fsp3) is 0.136. The Bertz CT molecular complexity index is 1470. The molecule has 1 aromatic carbocycles. The molecule has 0 bridgehead atoms. The van der Waals surface area contributed by atoms with E-state index in [0.29, 0.717) is 44.5 Å². The van der Waals surface area contributed by atoms with Gasteiger partial charge in [0.05, 0.1) is 33.0 Å². The molecule has 32 heavy (non-hydrogen) atoms. The molecule has 9 nitrogen and oxygen atoms in total. The number of carbonyl (C=O) groups is 1. The highest BCUT2D eigenvalue weighted by molar-refractivity contribution is 6.33. The SMILES string of the molecule is Cc1cc(-c2cc(C(=O)Nc3cccc(Cl)c3-n3cncn3)c3c(C)noc3n2)c(C)o1. The van der Waals surface area contributed by atoms with Crippen molar-refractivity contribution in [3.8, 4) is 16.9 Å². The number of carbonyl (C=O) groups excluding carboxylic acids is 1. The number of nitrogens with zero attached hydrogens (tertiary/aromatic N) is 5. The number of benzene rings is 1. The normalized spacial score (nSPS) is 11.2. The van der Waals surface area contributed by atoms with E-state index in [4.69, 9.17) is 20.5 Å². The predicted octanol–water partition coefficient (Wildman–Crippen LogP) is 4.89. The van der Waals surface area contributed by atoms with Crippen LogP contribution in [0.5, 0.6) is 0 Å². The lowest BCUT2D eigenvalue weighted by molar-refractivity contribution is 0.102. The van der Waals surface area contributed by atoms with Gasteiger partial charge in [0.25, 0.3) is 11.6 Å². The van der Waals surface area contributed by atoms with Crippen LogP contribution >= 0.6 is 11.6 Å². The average molecular weight is 449 g/mol. The van der Waals surface area contributed by atoms with Crippen molar-refractivity contribution in [2.75, 3.05) is 5.32 Å². The van der Waals surface area contributed by atoms with E-state index < -0.39 is 0 Å². The summed E-state index contributed by atoms with van der Waals surface area (Å²) in [5, 5.41) is 12.0. The number of hydrogen-bond donors (Lipinski definition) is 1. The van der Waals surface area contributed by atoms with Crippen LogP contribution in [0.2, 0.25) is 5.02 Å². The second kappa shape index (κ2) is 7.61. The Hall–Kier alpha value is -3.98. The Labute approximate surface area is 187 Å². The Morgan fingerprint density at radius 3 is 2.75 bits per heavy atom. The average Bonchev–Trinajstić information content (AvgIpc) is 3.48. The molecule has 0 saturated heterocycles. The molecule has 0 unspecified atom stereocenters. The third-order valence-electron chi connectivity index (χ3n) is 5.06. The van der Waals surface area contributed by atoms with Crippen LogP contribution in [0, 0.1) is 20.8 Å². The van der Waals surface area contributed by atoms with E-state index in [1.54, 1.807) is 31.2 Å². The molecular weight excluding hydrogens is 432 g/mol. The summed E-state index contributed by atoms with van der Waals surface area (Å²) >= 11 is 6.39. The number of fused-ring (bicyclic) bond motifs is 1. The van der Waals surface area contributed by atoms with Crippen LogP contribution in [0.4, 0.5) is 5.69 Å². The smallest absolute Gasteiger partial charge is 0.259 e. The first-order valence-electron chi connectivity index (χ1n) is 9.71. The molecule has 0 atom stereocenters. The van der Waals surface area contributed by atoms with Crippen LogP contribution in [0.3, 0.4) is 0 Å². The second-order valence-corrected chi connectivity index (χ2v) is 7.67. The highest BCUT2D eigenvalue weighted by atomic mass is 35.5. The van der Waals surface area contributed by atoms with Gasteiger partial charge in [-0.25, -0.2) is 14.6 Å². The number of nitrogens with one attached hydrogen (secondary N) is 1. The van der Waals surface area contributed by atoms with Gasteiger partial charge < -0.3 is 14.3 Å². The number of rotatable bonds is 4. The Kier molecular flexibility index (Phi) is 4.75. The lowest BCUT2D eigenvalue weighted by Gasteiger charge is -2.13. The summed E-state index contributed by atoms with van der Waals surface area (Å²) in [6.07, 6.45) is 2.90. The van der Waals surface area contributed by atoms with Gasteiger partial charge in [-0.2, -0.15) is 5.10 Å². The molecule has 0 spiro atoms. The van der Waals surface area contributed by atoms with Gasteiger partial charge in [-0.05, 0) is 45.0 Å². The maximum absolute atomic E-state index is 13.5. The third kappa shape index (κ3) is 3.32. The number of amides is 1. The van der Waals surface area contributed by atoms with Gasteiger partial charge >= 0.3 is 0 Å². The highest BCUT2D eigenvalue weighted by Crippen LogP contribution is 2.32.